The van der Waals surface area contributed by atoms with E-state index in [2.05, 4.69) is 5.32 Å². The fourth-order valence-electron chi connectivity index (χ4n) is 3.38. The van der Waals surface area contributed by atoms with Crippen molar-refractivity contribution in [1.82, 2.24) is 9.62 Å². The number of hydrogen-bond donors (Lipinski definition) is 2. The van der Waals surface area contributed by atoms with Gasteiger partial charge in [-0.15, -0.1) is 0 Å². The minimum Gasteiger partial charge on any atom is -0.495 e. The van der Waals surface area contributed by atoms with Gasteiger partial charge in [0.1, 0.15) is 29.1 Å². The molecule has 35 heavy (non-hydrogen) atoms. The van der Waals surface area contributed by atoms with Crippen molar-refractivity contribution in [2.24, 2.45) is 0 Å². The van der Waals surface area contributed by atoms with E-state index in [1.165, 1.54) is 36.7 Å². The van der Waals surface area contributed by atoms with Crippen LogP contribution >= 0.6 is 0 Å². The molecule has 2 N–H and O–H groups in total. The molecule has 0 fully saturated rings. The monoisotopic (exact) mass is 498 g/mol. The lowest BCUT2D eigenvalue weighted by atomic mass is 10.2. The van der Waals surface area contributed by atoms with Crippen molar-refractivity contribution in [2.45, 2.75) is 24.5 Å². The Bertz CT molecular complexity index is 1250. The smallest absolute Gasteiger partial charge is 0.251 e. The SMILES string of the molecule is COc1ccc(C(=O)NCC(O)COc2cccc(C)c2)cc1S(=O)(=O)N(C)Cc1ccccc1. The molecule has 1 atom stereocenters. The number of carbonyl (C=O) groups excluding carboxylic acids is 1. The van der Waals surface area contributed by atoms with E-state index in [1.807, 2.05) is 55.5 Å². The summed E-state index contributed by atoms with van der Waals surface area (Å²) in [6.07, 6.45) is -0.946. The molecule has 0 heterocycles. The van der Waals surface area contributed by atoms with Crippen LogP contribution in [0.5, 0.6) is 11.5 Å². The number of benzene rings is 3. The van der Waals surface area contributed by atoms with E-state index in [-0.39, 0.29) is 35.9 Å². The number of nitrogens with zero attached hydrogens (tertiary/aromatic N) is 1. The van der Waals surface area contributed by atoms with Gasteiger partial charge in [0.15, 0.2) is 0 Å². The molecule has 9 heteroatoms. The summed E-state index contributed by atoms with van der Waals surface area (Å²) in [5, 5.41) is 12.8. The Labute approximate surface area is 206 Å². The second kappa shape index (κ2) is 11.8. The molecule has 1 amide bonds. The fraction of sp³-hybridized carbons (Fsp3) is 0.269. The summed E-state index contributed by atoms with van der Waals surface area (Å²) < 4.78 is 38.5. The van der Waals surface area contributed by atoms with E-state index >= 15 is 0 Å². The number of aliphatic hydroxyl groups is 1. The number of hydrogen-bond acceptors (Lipinski definition) is 6. The maximum absolute atomic E-state index is 13.3. The molecule has 0 spiro atoms. The molecule has 186 valence electrons. The lowest BCUT2D eigenvalue weighted by molar-refractivity contribution is 0.0843. The van der Waals surface area contributed by atoms with Gasteiger partial charge in [-0.1, -0.05) is 42.5 Å². The second-order valence-electron chi connectivity index (χ2n) is 8.10. The van der Waals surface area contributed by atoms with Gasteiger partial charge < -0.3 is 19.9 Å². The van der Waals surface area contributed by atoms with Crippen LogP contribution in [-0.2, 0) is 16.6 Å². The summed E-state index contributed by atoms with van der Waals surface area (Å²) >= 11 is 0. The number of nitrogens with one attached hydrogen (secondary N) is 1. The molecule has 0 aliphatic heterocycles. The van der Waals surface area contributed by atoms with Crippen molar-refractivity contribution in [2.75, 3.05) is 27.3 Å². The van der Waals surface area contributed by atoms with Crippen molar-refractivity contribution < 1.29 is 27.8 Å². The third kappa shape index (κ3) is 7.05. The molecule has 0 saturated carbocycles. The third-order valence-corrected chi connectivity index (χ3v) is 7.12. The third-order valence-electron chi connectivity index (χ3n) is 5.29. The van der Waals surface area contributed by atoms with Crippen LogP contribution in [0.1, 0.15) is 21.5 Å². The first-order valence-electron chi connectivity index (χ1n) is 11.0. The highest BCUT2D eigenvalue weighted by atomic mass is 32.2. The number of sulfonamides is 1. The Morgan fingerprint density at radius 3 is 2.49 bits per heavy atom. The van der Waals surface area contributed by atoms with Gasteiger partial charge >= 0.3 is 0 Å². The highest BCUT2D eigenvalue weighted by molar-refractivity contribution is 7.89. The summed E-state index contributed by atoms with van der Waals surface area (Å²) in [6, 6.07) is 20.8. The molecule has 0 bridgehead atoms. The molecule has 0 radical (unpaired) electrons. The van der Waals surface area contributed by atoms with E-state index < -0.39 is 22.0 Å². The standard InChI is InChI=1S/C26H30N2O6S/c1-19-8-7-11-23(14-19)34-18-22(29)16-27-26(30)21-12-13-24(33-3)25(15-21)35(31,32)28(2)17-20-9-5-4-6-10-20/h4-15,22,29H,16-18H2,1-3H3,(H,27,30). The highest BCUT2D eigenvalue weighted by Crippen LogP contribution is 2.28. The summed E-state index contributed by atoms with van der Waals surface area (Å²) in [7, 11) is -1.11. The molecule has 8 nitrogen and oxygen atoms in total. The summed E-state index contributed by atoms with van der Waals surface area (Å²) in [6.45, 7) is 2.03. The number of methoxy groups -OCH3 is 1. The van der Waals surface area contributed by atoms with Gasteiger partial charge in [-0.2, -0.15) is 4.31 Å². The molecule has 0 aromatic heterocycles. The van der Waals surface area contributed by atoms with Crippen molar-refractivity contribution in [3.8, 4) is 11.5 Å². The molecule has 3 aromatic rings. The zero-order chi connectivity index (χ0) is 25.4. The lowest BCUT2D eigenvalue weighted by Gasteiger charge is -2.20. The van der Waals surface area contributed by atoms with Crippen molar-refractivity contribution in [3.63, 3.8) is 0 Å². The second-order valence-corrected chi connectivity index (χ2v) is 10.1. The summed E-state index contributed by atoms with van der Waals surface area (Å²) in [5.74, 6) is 0.234. The maximum Gasteiger partial charge on any atom is 0.251 e. The van der Waals surface area contributed by atoms with Gasteiger partial charge in [-0.25, -0.2) is 8.42 Å². The average Bonchev–Trinajstić information content (AvgIpc) is 2.86. The number of amides is 1. The summed E-state index contributed by atoms with van der Waals surface area (Å²) in [5.41, 5.74) is 1.99. The first-order chi connectivity index (χ1) is 16.7. The number of aliphatic hydroxyl groups excluding tert-OH is 1. The molecule has 0 aliphatic rings. The van der Waals surface area contributed by atoms with Crippen molar-refractivity contribution in [1.29, 1.82) is 0 Å². The van der Waals surface area contributed by atoms with Crippen molar-refractivity contribution >= 4 is 15.9 Å². The molecule has 1 unspecified atom stereocenters. The first kappa shape index (κ1) is 26.2. The first-order valence-corrected chi connectivity index (χ1v) is 12.5. The number of ether oxygens (including phenoxy) is 2. The predicted molar refractivity (Wildman–Crippen MR) is 133 cm³/mol. The highest BCUT2D eigenvalue weighted by Gasteiger charge is 2.26. The van der Waals surface area contributed by atoms with Crippen LogP contribution < -0.4 is 14.8 Å². The number of carbonyl (C=O) groups is 1. The van der Waals surface area contributed by atoms with Crippen LogP contribution in [0.4, 0.5) is 0 Å². The van der Waals surface area contributed by atoms with Gasteiger partial charge in [0.25, 0.3) is 5.91 Å². The molecular weight excluding hydrogens is 468 g/mol. The maximum atomic E-state index is 13.3. The quantitative estimate of drug-likeness (QED) is 0.421. The molecule has 3 aromatic carbocycles. The Morgan fingerprint density at radius 1 is 1.06 bits per heavy atom. The van der Waals surface area contributed by atoms with Gasteiger partial charge in [0, 0.05) is 25.7 Å². The van der Waals surface area contributed by atoms with E-state index in [1.54, 1.807) is 6.07 Å². The van der Waals surface area contributed by atoms with E-state index in [0.717, 1.165) is 11.1 Å². The van der Waals surface area contributed by atoms with Crippen molar-refractivity contribution in [3.05, 3.63) is 89.5 Å². The zero-order valence-corrected chi connectivity index (χ0v) is 20.8. The molecule has 0 saturated heterocycles. The minimum atomic E-state index is -3.95. The zero-order valence-electron chi connectivity index (χ0n) is 20.0. The van der Waals surface area contributed by atoms with Gasteiger partial charge in [-0.3, -0.25) is 4.79 Å². The average molecular weight is 499 g/mol. The van der Waals surface area contributed by atoms with Crippen LogP contribution in [0.3, 0.4) is 0 Å². The Kier molecular flexibility index (Phi) is 8.86. The normalized spacial score (nSPS) is 12.3. The Morgan fingerprint density at radius 2 is 1.80 bits per heavy atom. The largest absolute Gasteiger partial charge is 0.495 e. The summed E-state index contributed by atoms with van der Waals surface area (Å²) in [4.78, 5) is 12.6. The lowest BCUT2D eigenvalue weighted by Crippen LogP contribution is -2.35. The van der Waals surface area contributed by atoms with E-state index in [4.69, 9.17) is 9.47 Å². The minimum absolute atomic E-state index is 0.00371. The molecule has 0 aliphatic carbocycles. The predicted octanol–water partition coefficient (Wildman–Crippen LogP) is 2.99. The number of aryl methyl sites for hydroxylation is 1. The van der Waals surface area contributed by atoms with E-state index in [0.29, 0.717) is 5.75 Å². The fourth-order valence-corrected chi connectivity index (χ4v) is 4.72. The molecule has 3 rings (SSSR count). The van der Waals surface area contributed by atoms with Gasteiger partial charge in [-0.05, 0) is 48.4 Å². The van der Waals surface area contributed by atoms with Gasteiger partial charge in [0.05, 0.1) is 7.11 Å². The Balaban J connectivity index is 1.67. The molecular formula is C26H30N2O6S. The van der Waals surface area contributed by atoms with Crippen LogP contribution in [0.2, 0.25) is 0 Å². The van der Waals surface area contributed by atoms with Crippen LogP contribution in [0.25, 0.3) is 0 Å². The van der Waals surface area contributed by atoms with Crippen LogP contribution in [-0.4, -0.2) is 57.1 Å². The Hall–Kier alpha value is -3.40. The van der Waals surface area contributed by atoms with Crippen LogP contribution in [0.15, 0.2) is 77.7 Å². The van der Waals surface area contributed by atoms with Crippen LogP contribution in [0, 0.1) is 6.92 Å². The van der Waals surface area contributed by atoms with Gasteiger partial charge in [0.2, 0.25) is 10.0 Å². The topological polar surface area (TPSA) is 105 Å². The number of rotatable bonds is 11. The van der Waals surface area contributed by atoms with E-state index in [9.17, 15) is 18.3 Å².